The van der Waals surface area contributed by atoms with Crippen LogP contribution in [0.25, 0.3) is 83.9 Å². The molecule has 0 unspecified atom stereocenters. The third-order valence-electron chi connectivity index (χ3n) is 12.5. The molecule has 1 aliphatic carbocycles. The fourth-order valence-electron chi connectivity index (χ4n) is 9.93. The van der Waals surface area contributed by atoms with Crippen molar-refractivity contribution >= 4 is 21.8 Å². The first kappa shape index (κ1) is 35.7. The summed E-state index contributed by atoms with van der Waals surface area (Å²) in [6, 6.07) is 82.6. The highest BCUT2D eigenvalue weighted by Crippen LogP contribution is 2.60. The molecule has 0 amide bonds. The van der Waals surface area contributed by atoms with E-state index in [2.05, 4.69) is 174 Å². The molecule has 2 heterocycles. The Balaban J connectivity index is 1.10. The van der Waals surface area contributed by atoms with E-state index in [-0.39, 0.29) is 0 Å². The highest BCUT2D eigenvalue weighted by atomic mass is 15.0. The molecular formula is C58H38N4. The van der Waals surface area contributed by atoms with Crippen molar-refractivity contribution in [3.05, 3.63) is 253 Å². The molecule has 4 nitrogen and oxygen atoms in total. The van der Waals surface area contributed by atoms with E-state index in [0.29, 0.717) is 17.5 Å². The Morgan fingerprint density at radius 2 is 0.677 bits per heavy atom. The van der Waals surface area contributed by atoms with Gasteiger partial charge in [-0.1, -0.05) is 212 Å². The van der Waals surface area contributed by atoms with Gasteiger partial charge in [0.1, 0.15) is 0 Å². The van der Waals surface area contributed by atoms with Gasteiger partial charge in [-0.25, -0.2) is 15.0 Å². The molecule has 11 aromatic rings. The topological polar surface area (TPSA) is 43.6 Å². The summed E-state index contributed by atoms with van der Waals surface area (Å²) in [5.74, 6) is 1.92. The number of benzene rings is 9. The maximum absolute atomic E-state index is 5.04. The second kappa shape index (κ2) is 14.5. The minimum Gasteiger partial charge on any atom is -0.309 e. The van der Waals surface area contributed by atoms with Gasteiger partial charge in [-0.2, -0.15) is 0 Å². The Bertz CT molecular complexity index is 3280. The molecule has 2 aromatic heterocycles. The minimum atomic E-state index is -0.672. The average Bonchev–Trinajstić information content (AvgIpc) is 3.86. The average molecular weight is 791 g/mol. The van der Waals surface area contributed by atoms with Crippen LogP contribution in [0.15, 0.2) is 231 Å². The van der Waals surface area contributed by atoms with Crippen molar-refractivity contribution in [1.29, 1.82) is 0 Å². The van der Waals surface area contributed by atoms with Crippen molar-refractivity contribution < 1.29 is 0 Å². The summed E-state index contributed by atoms with van der Waals surface area (Å²) in [7, 11) is 0. The summed E-state index contributed by atoms with van der Waals surface area (Å²) >= 11 is 0. The lowest BCUT2D eigenvalue weighted by Crippen LogP contribution is -2.30. The molecule has 0 radical (unpaired) electrons. The lowest BCUT2D eigenvalue weighted by Gasteiger charge is -2.36. The number of aromatic nitrogens is 4. The number of hydrogen-bond donors (Lipinski definition) is 0. The van der Waals surface area contributed by atoms with Gasteiger partial charge in [0.15, 0.2) is 17.5 Å². The number of hydrogen-bond acceptors (Lipinski definition) is 3. The Morgan fingerprint density at radius 3 is 1.19 bits per heavy atom. The Labute approximate surface area is 360 Å². The first-order valence-corrected chi connectivity index (χ1v) is 21.1. The fourth-order valence-corrected chi connectivity index (χ4v) is 9.93. The summed E-state index contributed by atoms with van der Waals surface area (Å²) in [5, 5.41) is 2.49. The van der Waals surface area contributed by atoms with Gasteiger partial charge >= 0.3 is 0 Å². The molecule has 290 valence electrons. The molecule has 0 fully saturated rings. The van der Waals surface area contributed by atoms with E-state index in [9.17, 15) is 0 Å². The molecule has 62 heavy (non-hydrogen) atoms. The summed E-state index contributed by atoms with van der Waals surface area (Å²) in [6.45, 7) is 0. The highest BCUT2D eigenvalue weighted by molar-refractivity contribution is 6.10. The standard InChI is InChI=1S/C58H38N4/c1-5-19-40(20-6-1)55-59-56(41-21-7-2-8-22-41)61-57(60-55)42-37-35-39(36-38-42)45-29-17-30-48-49-31-18-34-52(62-50-32-15-13-27-46(50)47-28-14-16-33-51(47)62)54(49)58(53(45)48,43-23-9-3-10-24-43)44-25-11-4-12-26-44/h1-38H. The predicted octanol–water partition coefficient (Wildman–Crippen LogP) is 14.0. The van der Waals surface area contributed by atoms with Crippen molar-refractivity contribution in [2.75, 3.05) is 0 Å². The summed E-state index contributed by atoms with van der Waals surface area (Å²) in [6.07, 6.45) is 0. The van der Waals surface area contributed by atoms with Gasteiger partial charge < -0.3 is 4.57 Å². The van der Waals surface area contributed by atoms with Crippen LogP contribution in [0.4, 0.5) is 0 Å². The molecule has 0 saturated heterocycles. The molecule has 12 rings (SSSR count). The quantitative estimate of drug-likeness (QED) is 0.161. The van der Waals surface area contributed by atoms with E-state index >= 15 is 0 Å². The Hall–Kier alpha value is -8.21. The second-order valence-corrected chi connectivity index (χ2v) is 15.9. The van der Waals surface area contributed by atoms with Crippen LogP contribution in [0.2, 0.25) is 0 Å². The number of fused-ring (bicyclic) bond motifs is 6. The summed E-state index contributed by atoms with van der Waals surface area (Å²) < 4.78 is 2.49. The maximum atomic E-state index is 5.04. The van der Waals surface area contributed by atoms with Crippen molar-refractivity contribution in [1.82, 2.24) is 19.5 Å². The van der Waals surface area contributed by atoms with E-state index < -0.39 is 5.41 Å². The monoisotopic (exact) mass is 790 g/mol. The first-order valence-electron chi connectivity index (χ1n) is 21.1. The first-order chi connectivity index (χ1) is 30.8. The second-order valence-electron chi connectivity index (χ2n) is 15.9. The van der Waals surface area contributed by atoms with Crippen molar-refractivity contribution in [2.45, 2.75) is 5.41 Å². The lowest BCUT2D eigenvalue weighted by molar-refractivity contribution is 0.763. The van der Waals surface area contributed by atoms with Gasteiger partial charge in [-0.15, -0.1) is 0 Å². The summed E-state index contributed by atoms with van der Waals surface area (Å²) in [4.78, 5) is 15.0. The minimum absolute atomic E-state index is 0.633. The van der Waals surface area contributed by atoms with Crippen LogP contribution in [-0.2, 0) is 5.41 Å². The van der Waals surface area contributed by atoms with Crippen molar-refractivity contribution in [3.8, 4) is 62.1 Å². The largest absolute Gasteiger partial charge is 0.309 e. The van der Waals surface area contributed by atoms with Gasteiger partial charge in [0.25, 0.3) is 0 Å². The molecule has 0 saturated carbocycles. The van der Waals surface area contributed by atoms with Crippen LogP contribution < -0.4 is 0 Å². The number of nitrogens with zero attached hydrogens (tertiary/aromatic N) is 4. The normalized spacial score (nSPS) is 12.6. The molecule has 0 atom stereocenters. The number of rotatable bonds is 7. The molecule has 0 aliphatic heterocycles. The van der Waals surface area contributed by atoms with E-state index in [1.165, 1.54) is 66.4 Å². The van der Waals surface area contributed by atoms with Crippen LogP contribution in [0.1, 0.15) is 22.3 Å². The molecule has 9 aromatic carbocycles. The molecule has 4 heteroatoms. The molecule has 1 aliphatic rings. The number of para-hydroxylation sites is 2. The smallest absolute Gasteiger partial charge is 0.164 e. The van der Waals surface area contributed by atoms with Gasteiger partial charge in [0.05, 0.1) is 22.1 Å². The van der Waals surface area contributed by atoms with E-state index in [1.54, 1.807) is 0 Å². The van der Waals surface area contributed by atoms with Crippen LogP contribution in [0.5, 0.6) is 0 Å². The van der Waals surface area contributed by atoms with Crippen molar-refractivity contribution in [2.24, 2.45) is 0 Å². The van der Waals surface area contributed by atoms with Crippen LogP contribution in [0.3, 0.4) is 0 Å². The predicted molar refractivity (Wildman–Crippen MR) is 253 cm³/mol. The van der Waals surface area contributed by atoms with Crippen LogP contribution in [-0.4, -0.2) is 19.5 Å². The highest BCUT2D eigenvalue weighted by Gasteiger charge is 2.49. The third-order valence-corrected chi connectivity index (χ3v) is 12.5. The summed E-state index contributed by atoms with van der Waals surface area (Å²) in [5.41, 5.74) is 15.4. The molecular weight excluding hydrogens is 753 g/mol. The fraction of sp³-hybridized carbons (Fsp3) is 0.0172. The lowest BCUT2D eigenvalue weighted by atomic mass is 9.65. The zero-order valence-corrected chi connectivity index (χ0v) is 33.7. The molecule has 0 bridgehead atoms. The Morgan fingerprint density at radius 1 is 0.290 bits per heavy atom. The maximum Gasteiger partial charge on any atom is 0.164 e. The van der Waals surface area contributed by atoms with Gasteiger partial charge in [-0.05, 0) is 57.1 Å². The van der Waals surface area contributed by atoms with E-state index in [0.717, 1.165) is 22.3 Å². The van der Waals surface area contributed by atoms with E-state index in [1.807, 2.05) is 60.7 Å². The molecule has 0 N–H and O–H groups in total. The van der Waals surface area contributed by atoms with Crippen molar-refractivity contribution in [3.63, 3.8) is 0 Å². The van der Waals surface area contributed by atoms with Crippen LogP contribution >= 0.6 is 0 Å². The third kappa shape index (κ3) is 5.50. The van der Waals surface area contributed by atoms with Crippen LogP contribution in [0, 0.1) is 0 Å². The zero-order chi connectivity index (χ0) is 41.0. The van der Waals surface area contributed by atoms with Gasteiger partial charge in [0, 0.05) is 33.0 Å². The van der Waals surface area contributed by atoms with Gasteiger partial charge in [0.2, 0.25) is 0 Å². The van der Waals surface area contributed by atoms with E-state index in [4.69, 9.17) is 15.0 Å². The Kier molecular flexibility index (Phi) is 8.36. The van der Waals surface area contributed by atoms with Gasteiger partial charge in [-0.3, -0.25) is 0 Å². The zero-order valence-electron chi connectivity index (χ0n) is 33.7. The molecule has 0 spiro atoms. The SMILES string of the molecule is c1ccc(-c2nc(-c3ccccc3)nc(-c3ccc(-c4cccc5c4C(c4ccccc4)(c4ccccc4)c4c-5cccc4-n4c5ccccc5c5ccccc54)cc3)n2)cc1.